The van der Waals surface area contributed by atoms with Crippen LogP contribution in [-0.4, -0.2) is 24.5 Å². The minimum Gasteiger partial charge on any atom is -0.482 e. The largest absolute Gasteiger partial charge is 0.482 e. The predicted octanol–water partition coefficient (Wildman–Crippen LogP) is 4.56. The lowest BCUT2D eigenvalue weighted by atomic mass is 10.0. The summed E-state index contributed by atoms with van der Waals surface area (Å²) < 4.78 is 16.4. The van der Waals surface area contributed by atoms with Gasteiger partial charge >= 0.3 is 11.6 Å². The zero-order chi connectivity index (χ0) is 22.5. The number of carbonyl (C=O) groups is 2. The van der Waals surface area contributed by atoms with Crippen LogP contribution < -0.4 is 10.4 Å². The first kappa shape index (κ1) is 22.3. The van der Waals surface area contributed by atoms with Crippen LogP contribution in [0.4, 0.5) is 0 Å². The average molecular weight is 422 g/mol. The molecule has 0 saturated heterocycles. The highest BCUT2D eigenvalue weighted by Crippen LogP contribution is 2.30. The maximum absolute atomic E-state index is 12.6. The molecule has 1 aromatic heterocycles. The van der Waals surface area contributed by atoms with E-state index in [4.69, 9.17) is 13.9 Å². The fourth-order valence-corrected chi connectivity index (χ4v) is 3.53. The van der Waals surface area contributed by atoms with Gasteiger partial charge in [0.1, 0.15) is 11.3 Å². The van der Waals surface area contributed by atoms with Crippen LogP contribution in [-0.2, 0) is 16.0 Å². The molecule has 0 bridgehead atoms. The zero-order valence-electron chi connectivity index (χ0n) is 18.2. The van der Waals surface area contributed by atoms with Crippen LogP contribution in [0.15, 0.2) is 51.7 Å². The number of fused-ring (bicyclic) bond motifs is 1. The third-order valence-electron chi connectivity index (χ3n) is 5.27. The molecule has 1 heterocycles. The van der Waals surface area contributed by atoms with Gasteiger partial charge in [-0.25, -0.2) is 4.79 Å². The van der Waals surface area contributed by atoms with Gasteiger partial charge in [-0.1, -0.05) is 30.3 Å². The number of rotatable bonds is 8. The number of carbonyl (C=O) groups excluding carboxylic acids is 2. The van der Waals surface area contributed by atoms with Crippen molar-refractivity contribution in [1.82, 2.24) is 0 Å². The summed E-state index contributed by atoms with van der Waals surface area (Å²) in [4.78, 5) is 36.9. The van der Waals surface area contributed by atoms with Crippen molar-refractivity contribution in [2.75, 3.05) is 6.61 Å². The van der Waals surface area contributed by atoms with Crippen molar-refractivity contribution >= 4 is 22.7 Å². The van der Waals surface area contributed by atoms with E-state index in [1.54, 1.807) is 51.1 Å². The lowest BCUT2D eigenvalue weighted by molar-refractivity contribution is -0.143. The molecule has 0 N–H and O–H groups in total. The normalized spacial score (nSPS) is 11.9. The van der Waals surface area contributed by atoms with E-state index in [9.17, 15) is 14.4 Å². The molecule has 2 aromatic carbocycles. The third kappa shape index (κ3) is 4.85. The lowest BCUT2D eigenvalue weighted by Crippen LogP contribution is -2.24. The van der Waals surface area contributed by atoms with Gasteiger partial charge in [-0.2, -0.15) is 0 Å². The lowest BCUT2D eigenvalue weighted by Gasteiger charge is -2.17. The molecule has 3 rings (SSSR count). The first-order chi connectivity index (χ1) is 14.8. The molecule has 0 fully saturated rings. The van der Waals surface area contributed by atoms with Crippen LogP contribution in [0.25, 0.3) is 11.0 Å². The fraction of sp³-hybridized carbons (Fsp3) is 0.320. The molecule has 0 aliphatic rings. The van der Waals surface area contributed by atoms with E-state index in [1.807, 2.05) is 19.1 Å². The topological polar surface area (TPSA) is 82.8 Å². The van der Waals surface area contributed by atoms with Gasteiger partial charge in [0.2, 0.25) is 5.78 Å². The van der Waals surface area contributed by atoms with Crippen LogP contribution in [0, 0.1) is 13.8 Å². The second-order valence-electron chi connectivity index (χ2n) is 7.35. The number of aryl methyl sites for hydroxylation is 2. The summed E-state index contributed by atoms with van der Waals surface area (Å²) in [6.07, 6.45) is -0.331. The van der Waals surface area contributed by atoms with Crippen molar-refractivity contribution in [3.05, 3.63) is 75.1 Å². The summed E-state index contributed by atoms with van der Waals surface area (Å²) in [5.41, 5.74) is 2.37. The van der Waals surface area contributed by atoms with E-state index in [2.05, 4.69) is 0 Å². The Morgan fingerprint density at radius 2 is 1.74 bits per heavy atom. The highest BCUT2D eigenvalue weighted by atomic mass is 16.5. The van der Waals surface area contributed by atoms with Crippen LogP contribution >= 0.6 is 0 Å². The summed E-state index contributed by atoms with van der Waals surface area (Å²) in [5.74, 6) is -0.00320. The molecule has 1 unspecified atom stereocenters. The fourth-order valence-electron chi connectivity index (χ4n) is 3.53. The minimum absolute atomic E-state index is 0.115. The zero-order valence-corrected chi connectivity index (χ0v) is 18.2. The van der Waals surface area contributed by atoms with Gasteiger partial charge in [-0.15, -0.1) is 0 Å². The maximum Gasteiger partial charge on any atom is 0.339 e. The predicted molar refractivity (Wildman–Crippen MR) is 118 cm³/mol. The van der Waals surface area contributed by atoms with Crippen molar-refractivity contribution in [1.29, 1.82) is 0 Å². The molecule has 31 heavy (non-hydrogen) atoms. The summed E-state index contributed by atoms with van der Waals surface area (Å²) >= 11 is 0. The Morgan fingerprint density at radius 3 is 2.42 bits per heavy atom. The van der Waals surface area contributed by atoms with E-state index >= 15 is 0 Å². The first-order valence-electron chi connectivity index (χ1n) is 10.3. The Balaban J connectivity index is 1.88. The third-order valence-corrected chi connectivity index (χ3v) is 5.27. The van der Waals surface area contributed by atoms with E-state index in [0.29, 0.717) is 34.6 Å². The Labute approximate surface area is 180 Å². The second-order valence-corrected chi connectivity index (χ2v) is 7.35. The first-order valence-corrected chi connectivity index (χ1v) is 10.3. The molecular weight excluding hydrogens is 396 g/mol. The van der Waals surface area contributed by atoms with Crippen molar-refractivity contribution in [3.63, 3.8) is 0 Å². The molecule has 0 spiro atoms. The second kappa shape index (κ2) is 9.60. The molecule has 0 radical (unpaired) electrons. The Kier molecular flexibility index (Phi) is 6.90. The number of esters is 1. The molecule has 6 heteroatoms. The number of ether oxygens (including phenoxy) is 2. The van der Waals surface area contributed by atoms with Gasteiger partial charge in [-0.3, -0.25) is 9.59 Å². The van der Waals surface area contributed by atoms with E-state index < -0.39 is 11.7 Å². The smallest absolute Gasteiger partial charge is 0.339 e. The molecule has 6 nitrogen and oxygen atoms in total. The highest BCUT2D eigenvalue weighted by molar-refractivity contribution is 5.99. The van der Waals surface area contributed by atoms with Crippen LogP contribution in [0.3, 0.4) is 0 Å². The van der Waals surface area contributed by atoms with E-state index in [1.165, 1.54) is 0 Å². The van der Waals surface area contributed by atoms with Gasteiger partial charge in [0, 0.05) is 28.5 Å². The summed E-state index contributed by atoms with van der Waals surface area (Å²) in [6.45, 7) is 7.36. The maximum atomic E-state index is 12.6. The molecule has 0 amide bonds. The van der Waals surface area contributed by atoms with Gasteiger partial charge in [0.25, 0.3) is 0 Å². The van der Waals surface area contributed by atoms with Gasteiger partial charge in [-0.05, 0) is 51.8 Å². The number of hydrogen-bond acceptors (Lipinski definition) is 6. The molecule has 3 aromatic rings. The van der Waals surface area contributed by atoms with Crippen LogP contribution in [0.1, 0.15) is 47.3 Å². The Bertz CT molecular complexity index is 1160. The molecule has 0 saturated carbocycles. The standard InChI is InChI=1S/C25H26O6/c1-5-29-22(26)14-12-20-15(2)19-11-13-21(16(3)24(19)31-25(20)28)30-17(4)23(27)18-9-7-6-8-10-18/h6-11,13,17H,5,12,14H2,1-4H3. The number of hydrogen-bond donors (Lipinski definition) is 0. The van der Waals surface area contributed by atoms with Crippen LogP contribution in [0.2, 0.25) is 0 Å². The molecule has 162 valence electrons. The Morgan fingerprint density at radius 1 is 1.03 bits per heavy atom. The number of ketones is 1. The summed E-state index contributed by atoms with van der Waals surface area (Å²) in [7, 11) is 0. The SMILES string of the molecule is CCOC(=O)CCc1c(C)c2ccc(OC(C)C(=O)c3ccccc3)c(C)c2oc1=O. The monoisotopic (exact) mass is 422 g/mol. The van der Waals surface area contributed by atoms with E-state index in [0.717, 1.165) is 10.9 Å². The molecule has 0 aliphatic carbocycles. The van der Waals surface area contributed by atoms with Crippen LogP contribution in [0.5, 0.6) is 5.75 Å². The quantitative estimate of drug-likeness (QED) is 0.301. The average Bonchev–Trinajstić information content (AvgIpc) is 2.76. The van der Waals surface area contributed by atoms with Crippen molar-refractivity contribution < 1.29 is 23.5 Å². The van der Waals surface area contributed by atoms with Crippen molar-refractivity contribution in [3.8, 4) is 5.75 Å². The van der Waals surface area contributed by atoms with E-state index in [-0.39, 0.29) is 24.6 Å². The molecule has 0 aliphatic heterocycles. The molecular formula is C25H26O6. The minimum atomic E-state index is -0.699. The van der Waals surface area contributed by atoms with Crippen molar-refractivity contribution in [2.24, 2.45) is 0 Å². The Hall–Kier alpha value is -3.41. The van der Waals surface area contributed by atoms with Gasteiger partial charge in [0.15, 0.2) is 6.10 Å². The highest BCUT2D eigenvalue weighted by Gasteiger charge is 2.20. The van der Waals surface area contributed by atoms with Gasteiger partial charge in [0.05, 0.1) is 6.61 Å². The number of benzene rings is 2. The van der Waals surface area contributed by atoms with Crippen molar-refractivity contribution in [2.45, 2.75) is 46.6 Å². The summed E-state index contributed by atoms with van der Waals surface area (Å²) in [5, 5.41) is 0.769. The van der Waals surface area contributed by atoms with Gasteiger partial charge < -0.3 is 13.9 Å². The molecule has 1 atom stereocenters. The summed E-state index contributed by atoms with van der Waals surface area (Å²) in [6, 6.07) is 12.5. The number of Topliss-reactive ketones (excluding diaryl/α,β-unsaturated/α-hetero) is 1.